The summed E-state index contributed by atoms with van der Waals surface area (Å²) in [6, 6.07) is 4.81. The summed E-state index contributed by atoms with van der Waals surface area (Å²) in [7, 11) is 0. The molecule has 2 aromatic rings. The zero-order chi connectivity index (χ0) is 12.4. The van der Waals surface area contributed by atoms with Crippen molar-refractivity contribution in [1.82, 2.24) is 9.55 Å². The van der Waals surface area contributed by atoms with Crippen LogP contribution in [0.3, 0.4) is 0 Å². The predicted octanol–water partition coefficient (Wildman–Crippen LogP) is 1.90. The van der Waals surface area contributed by atoms with Gasteiger partial charge in [0, 0.05) is 18.5 Å². The van der Waals surface area contributed by atoms with Crippen LogP contribution in [0, 0.1) is 17.0 Å². The summed E-state index contributed by atoms with van der Waals surface area (Å²) in [5.74, 6) is 0.136. The fourth-order valence-electron chi connectivity index (χ4n) is 1.59. The van der Waals surface area contributed by atoms with Gasteiger partial charge in [0.15, 0.2) is 12.1 Å². The van der Waals surface area contributed by atoms with Crippen LogP contribution in [0.1, 0.15) is 16.2 Å². The minimum absolute atomic E-state index is 0.0499. The Balaban J connectivity index is 2.67. The molecule has 0 unspecified atom stereocenters. The number of aromatic nitrogens is 2. The molecular formula is C11H9N3O3. The molecule has 0 saturated carbocycles. The molecule has 86 valence electrons. The number of carbonyl (C=O) groups is 1. The van der Waals surface area contributed by atoms with Gasteiger partial charge in [-0.25, -0.2) is 4.98 Å². The van der Waals surface area contributed by atoms with Crippen molar-refractivity contribution in [1.29, 1.82) is 0 Å². The molecule has 0 bridgehead atoms. The summed E-state index contributed by atoms with van der Waals surface area (Å²) < 4.78 is 1.39. The van der Waals surface area contributed by atoms with Gasteiger partial charge in [-0.05, 0) is 18.6 Å². The number of benzene rings is 1. The van der Waals surface area contributed by atoms with Crippen LogP contribution in [0.4, 0.5) is 5.69 Å². The zero-order valence-electron chi connectivity index (χ0n) is 9.03. The second-order valence-electron chi connectivity index (χ2n) is 3.52. The van der Waals surface area contributed by atoms with Crippen LogP contribution in [0.5, 0.6) is 0 Å². The van der Waals surface area contributed by atoms with E-state index < -0.39 is 4.92 Å². The first-order valence-electron chi connectivity index (χ1n) is 4.87. The van der Waals surface area contributed by atoms with Crippen molar-refractivity contribution in [2.24, 2.45) is 0 Å². The number of nitrogens with zero attached hydrogens (tertiary/aromatic N) is 3. The number of imidazole rings is 1. The highest BCUT2D eigenvalue weighted by Gasteiger charge is 2.17. The fraction of sp³-hybridized carbons (Fsp3) is 0.0909. The van der Waals surface area contributed by atoms with Gasteiger partial charge < -0.3 is 0 Å². The van der Waals surface area contributed by atoms with Gasteiger partial charge >= 0.3 is 0 Å². The maximum Gasteiger partial charge on any atom is 0.293 e. The number of nitro benzene ring substituents is 1. The Kier molecular flexibility index (Phi) is 2.70. The van der Waals surface area contributed by atoms with E-state index in [4.69, 9.17) is 0 Å². The first-order chi connectivity index (χ1) is 8.13. The van der Waals surface area contributed by atoms with E-state index in [2.05, 4.69) is 4.98 Å². The lowest BCUT2D eigenvalue weighted by molar-refractivity contribution is -0.384. The Bertz CT molecular complexity index is 589. The molecule has 6 heteroatoms. The standard InChI is InChI=1S/C11H9N3O3/c1-8-2-3-9(10(6-8)14(16)17)13-5-4-12-11(13)7-15/h2-7H,1H3. The third-order valence-corrected chi connectivity index (χ3v) is 2.36. The summed E-state index contributed by atoms with van der Waals surface area (Å²) >= 11 is 0. The summed E-state index contributed by atoms with van der Waals surface area (Å²) in [5, 5.41) is 11.0. The average Bonchev–Trinajstić information content (AvgIpc) is 2.76. The number of aryl methyl sites for hydroxylation is 1. The Morgan fingerprint density at radius 3 is 2.88 bits per heavy atom. The number of nitro groups is 1. The molecule has 1 heterocycles. The van der Waals surface area contributed by atoms with Crippen molar-refractivity contribution < 1.29 is 9.72 Å². The quantitative estimate of drug-likeness (QED) is 0.459. The molecule has 0 aliphatic rings. The molecule has 0 aliphatic carbocycles. The van der Waals surface area contributed by atoms with Crippen LogP contribution in [0.2, 0.25) is 0 Å². The number of hydrogen-bond donors (Lipinski definition) is 0. The minimum Gasteiger partial charge on any atom is -0.294 e. The number of rotatable bonds is 3. The highest BCUT2D eigenvalue weighted by atomic mass is 16.6. The molecule has 0 saturated heterocycles. The monoisotopic (exact) mass is 231 g/mol. The molecule has 17 heavy (non-hydrogen) atoms. The van der Waals surface area contributed by atoms with Crippen LogP contribution >= 0.6 is 0 Å². The molecule has 0 aliphatic heterocycles. The van der Waals surface area contributed by atoms with Gasteiger partial charge in [0.05, 0.1) is 4.92 Å². The number of hydrogen-bond acceptors (Lipinski definition) is 4. The zero-order valence-corrected chi connectivity index (χ0v) is 9.03. The Hall–Kier alpha value is -2.50. The second-order valence-corrected chi connectivity index (χ2v) is 3.52. The van der Waals surface area contributed by atoms with E-state index in [1.54, 1.807) is 19.1 Å². The van der Waals surface area contributed by atoms with Gasteiger partial charge in [0.25, 0.3) is 5.69 Å². The Labute approximate surface area is 96.7 Å². The molecule has 0 amide bonds. The molecule has 0 radical (unpaired) electrons. The van der Waals surface area contributed by atoms with E-state index in [1.165, 1.54) is 23.0 Å². The average molecular weight is 231 g/mol. The first kappa shape index (κ1) is 11.0. The second kappa shape index (κ2) is 4.17. The molecule has 0 atom stereocenters. The van der Waals surface area contributed by atoms with Crippen molar-refractivity contribution in [3.63, 3.8) is 0 Å². The van der Waals surface area contributed by atoms with Gasteiger partial charge in [0.1, 0.15) is 5.69 Å². The lowest BCUT2D eigenvalue weighted by Crippen LogP contribution is -2.03. The SMILES string of the molecule is Cc1ccc(-n2ccnc2C=O)c([N+](=O)[O-])c1. The van der Waals surface area contributed by atoms with E-state index in [0.29, 0.717) is 12.0 Å². The maximum atomic E-state index is 11.0. The topological polar surface area (TPSA) is 78.0 Å². The third-order valence-electron chi connectivity index (χ3n) is 2.36. The normalized spacial score (nSPS) is 10.2. The highest BCUT2D eigenvalue weighted by molar-refractivity contribution is 5.72. The molecule has 6 nitrogen and oxygen atoms in total. The summed E-state index contributed by atoms with van der Waals surface area (Å²) in [5.41, 5.74) is 1.07. The summed E-state index contributed by atoms with van der Waals surface area (Å²) in [6.07, 6.45) is 3.50. The number of aldehydes is 1. The fourth-order valence-corrected chi connectivity index (χ4v) is 1.59. The van der Waals surface area contributed by atoms with Crippen LogP contribution in [0.15, 0.2) is 30.6 Å². The first-order valence-corrected chi connectivity index (χ1v) is 4.87. The van der Waals surface area contributed by atoms with E-state index in [9.17, 15) is 14.9 Å². The molecular weight excluding hydrogens is 222 g/mol. The molecule has 1 aromatic heterocycles. The van der Waals surface area contributed by atoms with Crippen LogP contribution in [-0.4, -0.2) is 20.8 Å². The van der Waals surface area contributed by atoms with Crippen LogP contribution < -0.4 is 0 Å². The molecule has 0 spiro atoms. The Morgan fingerprint density at radius 2 is 2.24 bits per heavy atom. The van der Waals surface area contributed by atoms with E-state index in [-0.39, 0.29) is 11.5 Å². The van der Waals surface area contributed by atoms with Gasteiger partial charge in [-0.3, -0.25) is 19.5 Å². The lowest BCUT2D eigenvalue weighted by atomic mass is 10.2. The largest absolute Gasteiger partial charge is 0.294 e. The molecule has 2 rings (SSSR count). The van der Waals surface area contributed by atoms with Crippen LogP contribution in [-0.2, 0) is 0 Å². The van der Waals surface area contributed by atoms with E-state index in [0.717, 1.165) is 5.56 Å². The number of carbonyl (C=O) groups excluding carboxylic acids is 1. The smallest absolute Gasteiger partial charge is 0.293 e. The molecule has 0 N–H and O–H groups in total. The lowest BCUT2D eigenvalue weighted by Gasteiger charge is -2.05. The molecule has 1 aromatic carbocycles. The van der Waals surface area contributed by atoms with Crippen molar-refractivity contribution >= 4 is 12.0 Å². The van der Waals surface area contributed by atoms with Gasteiger partial charge in [-0.2, -0.15) is 0 Å². The van der Waals surface area contributed by atoms with E-state index >= 15 is 0 Å². The van der Waals surface area contributed by atoms with Crippen molar-refractivity contribution in [3.05, 3.63) is 52.1 Å². The van der Waals surface area contributed by atoms with E-state index in [1.807, 2.05) is 0 Å². The molecule has 0 fully saturated rings. The Morgan fingerprint density at radius 1 is 1.47 bits per heavy atom. The van der Waals surface area contributed by atoms with Crippen molar-refractivity contribution in [3.8, 4) is 5.69 Å². The van der Waals surface area contributed by atoms with Gasteiger partial charge in [-0.15, -0.1) is 0 Å². The maximum absolute atomic E-state index is 11.0. The third kappa shape index (κ3) is 1.92. The van der Waals surface area contributed by atoms with Crippen LogP contribution in [0.25, 0.3) is 5.69 Å². The minimum atomic E-state index is -0.475. The summed E-state index contributed by atoms with van der Waals surface area (Å²) in [4.78, 5) is 25.0. The van der Waals surface area contributed by atoms with Crippen molar-refractivity contribution in [2.75, 3.05) is 0 Å². The predicted molar refractivity (Wildman–Crippen MR) is 60.3 cm³/mol. The highest BCUT2D eigenvalue weighted by Crippen LogP contribution is 2.24. The summed E-state index contributed by atoms with van der Waals surface area (Å²) in [6.45, 7) is 1.77. The van der Waals surface area contributed by atoms with Gasteiger partial charge in [0.2, 0.25) is 0 Å². The van der Waals surface area contributed by atoms with Crippen molar-refractivity contribution in [2.45, 2.75) is 6.92 Å². The van der Waals surface area contributed by atoms with Gasteiger partial charge in [-0.1, -0.05) is 6.07 Å².